The van der Waals surface area contributed by atoms with Gasteiger partial charge in [-0.15, -0.1) is 5.10 Å². The topological polar surface area (TPSA) is 110 Å². The van der Waals surface area contributed by atoms with Crippen LogP contribution in [0.25, 0.3) is 27.8 Å². The largest absolute Gasteiger partial charge is 0.337 e. The minimum Gasteiger partial charge on any atom is -0.337 e. The number of benzene rings is 2. The van der Waals surface area contributed by atoms with E-state index in [-0.39, 0.29) is 23.3 Å². The number of nitrogens with one attached hydrogen (secondary N) is 1. The molecule has 0 radical (unpaired) electrons. The highest BCUT2D eigenvalue weighted by Crippen LogP contribution is 2.20. The van der Waals surface area contributed by atoms with E-state index >= 15 is 0 Å². The first-order valence-corrected chi connectivity index (χ1v) is 9.88. The van der Waals surface area contributed by atoms with Gasteiger partial charge in [0, 0.05) is 35.6 Å². The van der Waals surface area contributed by atoms with Gasteiger partial charge in [-0.1, -0.05) is 5.21 Å². The minimum absolute atomic E-state index is 0.0338. The molecule has 0 aliphatic carbocycles. The molecule has 31 heavy (non-hydrogen) atoms. The highest BCUT2D eigenvalue weighted by atomic mass is 19.1. The number of halogens is 1. The van der Waals surface area contributed by atoms with Crippen molar-refractivity contribution in [2.45, 2.75) is 12.5 Å². The van der Waals surface area contributed by atoms with E-state index in [1.54, 1.807) is 41.4 Å². The quantitative estimate of drug-likeness (QED) is 0.529. The lowest BCUT2D eigenvalue weighted by Gasteiger charge is -2.15. The first-order chi connectivity index (χ1) is 15.0. The maximum Gasteiger partial charge on any atom is 0.258 e. The zero-order chi connectivity index (χ0) is 21.5. The van der Waals surface area contributed by atoms with Gasteiger partial charge >= 0.3 is 0 Å². The summed E-state index contributed by atoms with van der Waals surface area (Å²) in [6, 6.07) is 12.8. The molecule has 1 aliphatic rings. The molecule has 3 heterocycles. The Hall–Kier alpha value is -3.85. The predicted octanol–water partition coefficient (Wildman–Crippen LogP) is 2.09. The van der Waals surface area contributed by atoms with E-state index in [0.29, 0.717) is 46.5 Å². The van der Waals surface area contributed by atoms with Gasteiger partial charge in [0.2, 0.25) is 0 Å². The molecule has 1 unspecified atom stereocenters. The van der Waals surface area contributed by atoms with Crippen molar-refractivity contribution < 1.29 is 9.18 Å². The Morgan fingerprint density at radius 2 is 1.97 bits per heavy atom. The molecule has 1 fully saturated rings. The average molecular weight is 418 g/mol. The second-order valence-corrected chi connectivity index (χ2v) is 7.64. The fraction of sp³-hybridized carbons (Fsp3) is 0.182. The van der Waals surface area contributed by atoms with E-state index < -0.39 is 0 Å². The molecular weight excluding hydrogens is 399 g/mol. The second-order valence-electron chi connectivity index (χ2n) is 7.64. The van der Waals surface area contributed by atoms with Crippen molar-refractivity contribution >= 4 is 16.8 Å². The monoisotopic (exact) mass is 418 g/mol. The third kappa shape index (κ3) is 3.59. The Labute approximate surface area is 176 Å². The molecule has 8 nitrogen and oxygen atoms in total. The van der Waals surface area contributed by atoms with Crippen LogP contribution in [0.4, 0.5) is 4.39 Å². The van der Waals surface area contributed by atoms with Crippen molar-refractivity contribution in [3.63, 3.8) is 0 Å². The molecule has 0 saturated carbocycles. The number of likely N-dealkylation sites (tertiary alicyclic amines) is 1. The van der Waals surface area contributed by atoms with Crippen molar-refractivity contribution in [3.8, 4) is 16.9 Å². The summed E-state index contributed by atoms with van der Waals surface area (Å²) >= 11 is 0. The third-order valence-electron chi connectivity index (χ3n) is 5.47. The Kier molecular flexibility index (Phi) is 4.59. The zero-order valence-corrected chi connectivity index (χ0v) is 16.5. The van der Waals surface area contributed by atoms with Crippen LogP contribution in [0.2, 0.25) is 0 Å². The molecule has 4 aromatic rings. The number of aromatic nitrogens is 4. The lowest BCUT2D eigenvalue weighted by atomic mass is 10.1. The summed E-state index contributed by atoms with van der Waals surface area (Å²) in [5.41, 5.74) is 8.01. The van der Waals surface area contributed by atoms with Crippen LogP contribution in [0.15, 0.2) is 59.5 Å². The van der Waals surface area contributed by atoms with Crippen LogP contribution in [-0.4, -0.2) is 49.9 Å². The lowest BCUT2D eigenvalue weighted by molar-refractivity contribution is 0.0791. The van der Waals surface area contributed by atoms with Crippen LogP contribution in [0.3, 0.4) is 0 Å². The lowest BCUT2D eigenvalue weighted by Crippen LogP contribution is -2.31. The number of H-pyrrole nitrogens is 1. The minimum atomic E-state index is -0.389. The van der Waals surface area contributed by atoms with E-state index in [2.05, 4.69) is 15.3 Å². The van der Waals surface area contributed by atoms with Gasteiger partial charge in [0.15, 0.2) is 0 Å². The van der Waals surface area contributed by atoms with Crippen LogP contribution >= 0.6 is 0 Å². The number of hydrogen-bond acceptors (Lipinski definition) is 5. The smallest absolute Gasteiger partial charge is 0.258 e. The van der Waals surface area contributed by atoms with E-state index in [1.807, 2.05) is 0 Å². The van der Waals surface area contributed by atoms with Crippen molar-refractivity contribution in [2.24, 2.45) is 5.73 Å². The maximum absolute atomic E-state index is 13.5. The molecular formula is C22H19FN6O2. The fourth-order valence-electron chi connectivity index (χ4n) is 3.79. The molecule has 1 aliphatic heterocycles. The highest BCUT2D eigenvalue weighted by Gasteiger charge is 2.24. The molecule has 156 valence electrons. The van der Waals surface area contributed by atoms with Gasteiger partial charge in [0.25, 0.3) is 11.5 Å². The SMILES string of the molecule is NC1CCN(C(=O)c2ccc(-n3cc(-c4cc5cc(F)ccc5[nH]c4=O)nn3)cc2)C1. The molecule has 2 aromatic carbocycles. The number of pyridine rings is 1. The first-order valence-electron chi connectivity index (χ1n) is 9.88. The number of carbonyl (C=O) groups excluding carboxylic acids is 1. The summed E-state index contributed by atoms with van der Waals surface area (Å²) < 4.78 is 15.1. The third-order valence-corrected chi connectivity index (χ3v) is 5.47. The molecule has 9 heteroatoms. The summed E-state index contributed by atoms with van der Waals surface area (Å²) in [4.78, 5) is 29.5. The van der Waals surface area contributed by atoms with E-state index in [9.17, 15) is 14.0 Å². The molecule has 0 bridgehead atoms. The van der Waals surface area contributed by atoms with Gasteiger partial charge in [-0.05, 0) is 55.0 Å². The molecule has 1 saturated heterocycles. The van der Waals surface area contributed by atoms with Crippen LogP contribution in [-0.2, 0) is 0 Å². The maximum atomic E-state index is 13.5. The standard InChI is InChI=1S/C22H19FN6O2/c23-15-3-6-19-14(9-15)10-18(21(30)25-19)20-12-29(27-26-20)17-4-1-13(2-5-17)22(31)28-8-7-16(24)11-28/h1-6,9-10,12,16H,7-8,11,24H2,(H,25,30). The van der Waals surface area contributed by atoms with Gasteiger partial charge < -0.3 is 15.6 Å². The van der Waals surface area contributed by atoms with Crippen LogP contribution < -0.4 is 11.3 Å². The molecule has 3 N–H and O–H groups in total. The number of rotatable bonds is 3. The van der Waals surface area contributed by atoms with Crippen molar-refractivity contribution in [3.05, 3.63) is 76.5 Å². The van der Waals surface area contributed by atoms with Gasteiger partial charge in [-0.3, -0.25) is 9.59 Å². The Morgan fingerprint density at radius 1 is 1.16 bits per heavy atom. The molecule has 2 aromatic heterocycles. The highest BCUT2D eigenvalue weighted by molar-refractivity contribution is 5.94. The Balaban J connectivity index is 1.42. The Morgan fingerprint density at radius 3 is 2.71 bits per heavy atom. The molecule has 1 atom stereocenters. The number of nitrogens with zero attached hydrogens (tertiary/aromatic N) is 4. The van der Waals surface area contributed by atoms with Crippen molar-refractivity contribution in [2.75, 3.05) is 13.1 Å². The number of fused-ring (bicyclic) bond motifs is 1. The number of amides is 1. The summed E-state index contributed by atoms with van der Waals surface area (Å²) in [6.07, 6.45) is 2.43. The normalized spacial score (nSPS) is 16.2. The summed E-state index contributed by atoms with van der Waals surface area (Å²) in [5, 5.41) is 8.75. The number of nitrogens with two attached hydrogens (primary N) is 1. The van der Waals surface area contributed by atoms with Crippen LogP contribution in [0.5, 0.6) is 0 Å². The molecule has 5 rings (SSSR count). The van der Waals surface area contributed by atoms with Crippen molar-refractivity contribution in [1.29, 1.82) is 0 Å². The van der Waals surface area contributed by atoms with E-state index in [1.165, 1.54) is 22.9 Å². The Bertz CT molecular complexity index is 1340. The van der Waals surface area contributed by atoms with Crippen LogP contribution in [0, 0.1) is 5.82 Å². The summed E-state index contributed by atoms with van der Waals surface area (Å²) in [5.74, 6) is -0.437. The van der Waals surface area contributed by atoms with Gasteiger partial charge in [0.1, 0.15) is 11.5 Å². The first kappa shape index (κ1) is 19.1. The van der Waals surface area contributed by atoms with E-state index in [0.717, 1.165) is 6.42 Å². The summed E-state index contributed by atoms with van der Waals surface area (Å²) in [6.45, 7) is 1.23. The average Bonchev–Trinajstić information content (AvgIpc) is 3.43. The predicted molar refractivity (Wildman–Crippen MR) is 113 cm³/mol. The summed E-state index contributed by atoms with van der Waals surface area (Å²) in [7, 11) is 0. The van der Waals surface area contributed by atoms with Gasteiger partial charge in [-0.2, -0.15) is 0 Å². The molecule has 0 spiro atoms. The van der Waals surface area contributed by atoms with E-state index in [4.69, 9.17) is 5.73 Å². The van der Waals surface area contributed by atoms with Crippen LogP contribution in [0.1, 0.15) is 16.8 Å². The van der Waals surface area contributed by atoms with Gasteiger partial charge in [-0.25, -0.2) is 9.07 Å². The van der Waals surface area contributed by atoms with Gasteiger partial charge in [0.05, 0.1) is 17.4 Å². The number of aromatic amines is 1. The molecule has 1 amide bonds. The number of hydrogen-bond donors (Lipinski definition) is 2. The number of carbonyl (C=O) groups is 1. The second kappa shape index (κ2) is 7.44. The zero-order valence-electron chi connectivity index (χ0n) is 16.5. The fourth-order valence-corrected chi connectivity index (χ4v) is 3.79. The van der Waals surface area contributed by atoms with Crippen molar-refractivity contribution in [1.82, 2.24) is 24.9 Å².